The van der Waals surface area contributed by atoms with E-state index in [1.807, 2.05) is 0 Å². The maximum absolute atomic E-state index is 13.5. The molecule has 3 N–H and O–H groups in total. The highest BCUT2D eigenvalue weighted by Gasteiger charge is 2.45. The van der Waals surface area contributed by atoms with Crippen LogP contribution in [0.2, 0.25) is 0 Å². The number of carbonyl (C=O) groups is 1. The van der Waals surface area contributed by atoms with Crippen molar-refractivity contribution in [2.45, 2.75) is 62.1 Å². The van der Waals surface area contributed by atoms with Gasteiger partial charge >= 0.3 is 0 Å². The minimum Gasteiger partial charge on any atom is -0.316 e. The average Bonchev–Trinajstić information content (AvgIpc) is 3.72. The van der Waals surface area contributed by atoms with Crippen LogP contribution in [-0.2, 0) is 34.7 Å². The van der Waals surface area contributed by atoms with Gasteiger partial charge in [0.1, 0.15) is 33.9 Å². The van der Waals surface area contributed by atoms with E-state index in [1.165, 1.54) is 35.5 Å². The van der Waals surface area contributed by atoms with Crippen LogP contribution >= 0.6 is 11.3 Å². The maximum Gasteiger partial charge on any atom is 0.282 e. The number of rotatable bonds is 10. The van der Waals surface area contributed by atoms with Gasteiger partial charge < -0.3 is 10.6 Å². The number of nitrogens with zero attached hydrogens (tertiary/aromatic N) is 5. The van der Waals surface area contributed by atoms with Crippen molar-refractivity contribution >= 4 is 44.0 Å². The number of fused-ring (bicyclic) bond motifs is 1. The molecule has 0 radical (unpaired) electrons. The second kappa shape index (κ2) is 9.89. The van der Waals surface area contributed by atoms with Gasteiger partial charge in [0.2, 0.25) is 21.9 Å². The van der Waals surface area contributed by atoms with E-state index in [0.29, 0.717) is 49.1 Å². The number of hydrogen-bond donors (Lipinski definition) is 3. The van der Waals surface area contributed by atoms with Gasteiger partial charge in [-0.2, -0.15) is 5.10 Å². The molecule has 39 heavy (non-hydrogen) atoms. The Kier molecular flexibility index (Phi) is 6.66. The lowest BCUT2D eigenvalue weighted by Gasteiger charge is -2.25. The zero-order valence-corrected chi connectivity index (χ0v) is 22.5. The van der Waals surface area contributed by atoms with E-state index in [0.717, 1.165) is 17.7 Å². The first-order chi connectivity index (χ1) is 18.6. The minimum absolute atomic E-state index is 0.0352. The molecule has 3 aliphatic rings. The molecule has 210 valence electrons. The molecule has 0 bridgehead atoms. The van der Waals surface area contributed by atoms with Crippen LogP contribution in [0.3, 0.4) is 0 Å². The van der Waals surface area contributed by atoms with E-state index < -0.39 is 34.4 Å². The predicted octanol–water partition coefficient (Wildman–Crippen LogP) is 3.47. The summed E-state index contributed by atoms with van der Waals surface area (Å²) in [4.78, 5) is 13.4. The number of alkyl halides is 3. The molecule has 3 aromatic heterocycles. The highest BCUT2D eigenvalue weighted by atomic mass is 32.2. The molecule has 0 aliphatic heterocycles. The van der Waals surface area contributed by atoms with Crippen LogP contribution < -0.4 is 15.4 Å². The smallest absolute Gasteiger partial charge is 0.282 e. The Morgan fingerprint density at radius 2 is 2.05 bits per heavy atom. The lowest BCUT2D eigenvalue weighted by Crippen LogP contribution is -2.29. The summed E-state index contributed by atoms with van der Waals surface area (Å²) in [5, 5.41) is 17.8. The first-order valence-electron chi connectivity index (χ1n) is 12.7. The fraction of sp³-hybridized carbons (Fsp3) is 0.565. The fourth-order valence-corrected chi connectivity index (χ4v) is 7.92. The number of carbonyl (C=O) groups excluding carboxylic acids is 1. The standard InChI is InChI=1S/C23H27F3N8O3S2/c1-33-18(8-16(32-33)20(25)26)29-23-31-27-10-34(23)12-4-5-17-14(6-12)19(39(36,37)28-9-11-2-3-11)22(38-17)30-21(35)13-7-15(13)24/h8,10-13,15,20,28H,2-7,9H2,1H3,(H,29,31)(H,30,35)/t12-,13?,15?/m0/s1. The van der Waals surface area contributed by atoms with Crippen LogP contribution in [0, 0.1) is 11.8 Å². The number of anilines is 3. The summed E-state index contributed by atoms with van der Waals surface area (Å²) in [6, 6.07) is 0.987. The van der Waals surface area contributed by atoms with Crippen molar-refractivity contribution in [3.8, 4) is 0 Å². The maximum atomic E-state index is 13.5. The van der Waals surface area contributed by atoms with E-state index in [2.05, 4.69) is 30.7 Å². The van der Waals surface area contributed by atoms with Gasteiger partial charge in [-0.15, -0.1) is 21.5 Å². The minimum atomic E-state index is -3.96. The van der Waals surface area contributed by atoms with Crippen LogP contribution in [0.1, 0.15) is 54.3 Å². The Hall–Kier alpha value is -2.98. The molecular formula is C23H27F3N8O3S2. The number of thiophene rings is 1. The van der Waals surface area contributed by atoms with E-state index >= 15 is 0 Å². The lowest BCUT2D eigenvalue weighted by molar-refractivity contribution is -0.117. The van der Waals surface area contributed by atoms with Crippen molar-refractivity contribution in [2.75, 3.05) is 17.2 Å². The Morgan fingerprint density at radius 3 is 2.72 bits per heavy atom. The number of amides is 1. The van der Waals surface area contributed by atoms with Crippen LogP contribution in [0.5, 0.6) is 0 Å². The summed E-state index contributed by atoms with van der Waals surface area (Å²) in [5.41, 5.74) is 0.225. The van der Waals surface area contributed by atoms with Gasteiger partial charge in [-0.1, -0.05) is 0 Å². The molecule has 3 heterocycles. The van der Waals surface area contributed by atoms with E-state index in [4.69, 9.17) is 0 Å². The van der Waals surface area contributed by atoms with Crippen LogP contribution in [-0.4, -0.2) is 51.6 Å². The molecule has 3 aromatic rings. The number of hydrogen-bond acceptors (Lipinski definition) is 8. The highest BCUT2D eigenvalue weighted by Crippen LogP contribution is 2.45. The molecule has 6 rings (SSSR count). The molecule has 3 aliphatic carbocycles. The zero-order valence-electron chi connectivity index (χ0n) is 20.9. The summed E-state index contributed by atoms with van der Waals surface area (Å²) in [7, 11) is -2.43. The quantitative estimate of drug-likeness (QED) is 0.332. The van der Waals surface area contributed by atoms with Crippen molar-refractivity contribution in [3.63, 3.8) is 0 Å². The Balaban J connectivity index is 1.29. The monoisotopic (exact) mass is 584 g/mol. The second-order valence-corrected chi connectivity index (χ2v) is 13.1. The van der Waals surface area contributed by atoms with E-state index in [9.17, 15) is 26.4 Å². The third-order valence-corrected chi connectivity index (χ3v) is 10.2. The first-order valence-corrected chi connectivity index (χ1v) is 15.0. The number of halogens is 3. The summed E-state index contributed by atoms with van der Waals surface area (Å²) in [6.45, 7) is 0.323. The van der Waals surface area contributed by atoms with Crippen LogP contribution in [0.25, 0.3) is 0 Å². The van der Waals surface area contributed by atoms with Crippen LogP contribution in [0.4, 0.5) is 29.9 Å². The number of nitrogens with one attached hydrogen (secondary N) is 3. The molecule has 0 saturated heterocycles. The van der Waals surface area contributed by atoms with Crippen molar-refractivity contribution in [3.05, 3.63) is 28.5 Å². The van der Waals surface area contributed by atoms with Crippen molar-refractivity contribution < 1.29 is 26.4 Å². The Bertz CT molecular complexity index is 1510. The molecule has 2 unspecified atom stereocenters. The van der Waals surface area contributed by atoms with Gasteiger partial charge in [-0.05, 0) is 50.0 Å². The molecule has 0 aromatic carbocycles. The highest BCUT2D eigenvalue weighted by molar-refractivity contribution is 7.90. The molecule has 2 saturated carbocycles. The second-order valence-electron chi connectivity index (χ2n) is 10.3. The van der Waals surface area contributed by atoms with Gasteiger partial charge in [0, 0.05) is 30.6 Å². The molecule has 16 heteroatoms. The molecule has 2 fully saturated rings. The summed E-state index contributed by atoms with van der Waals surface area (Å²) in [5.74, 6) is -0.358. The van der Waals surface area contributed by atoms with Gasteiger partial charge in [-0.3, -0.25) is 14.0 Å². The molecule has 0 spiro atoms. The third-order valence-electron chi connectivity index (χ3n) is 7.33. The number of sulfonamides is 1. The number of aryl methyl sites for hydroxylation is 2. The fourth-order valence-electron chi connectivity index (χ4n) is 4.83. The van der Waals surface area contributed by atoms with E-state index in [-0.39, 0.29) is 28.1 Å². The lowest BCUT2D eigenvalue weighted by atomic mass is 9.94. The third kappa shape index (κ3) is 5.28. The van der Waals surface area contributed by atoms with Gasteiger partial charge in [0.25, 0.3) is 6.43 Å². The Labute approximate surface area is 226 Å². The molecule has 11 nitrogen and oxygen atoms in total. The summed E-state index contributed by atoms with van der Waals surface area (Å²) < 4.78 is 72.4. The van der Waals surface area contributed by atoms with Crippen molar-refractivity contribution in [1.82, 2.24) is 29.3 Å². The van der Waals surface area contributed by atoms with Crippen LogP contribution in [0.15, 0.2) is 17.3 Å². The predicted molar refractivity (Wildman–Crippen MR) is 136 cm³/mol. The summed E-state index contributed by atoms with van der Waals surface area (Å²) in [6.07, 6.45) is 1.14. The zero-order chi connectivity index (χ0) is 27.5. The normalized spacial score (nSPS) is 22.6. The number of aromatic nitrogens is 5. The van der Waals surface area contributed by atoms with Gasteiger partial charge in [-0.25, -0.2) is 26.3 Å². The van der Waals surface area contributed by atoms with Crippen molar-refractivity contribution in [2.24, 2.45) is 18.9 Å². The largest absolute Gasteiger partial charge is 0.316 e. The first kappa shape index (κ1) is 26.3. The SMILES string of the molecule is Cn1nc(C(F)F)cc1Nc1nncn1[C@H]1CCc2sc(NC(=O)C3CC3F)c(S(=O)(=O)NCC3CC3)c2C1. The molecule has 1 amide bonds. The van der Waals surface area contributed by atoms with Gasteiger partial charge in [0.15, 0.2) is 0 Å². The summed E-state index contributed by atoms with van der Waals surface area (Å²) >= 11 is 1.21. The molecular weight excluding hydrogens is 557 g/mol. The molecule has 3 atom stereocenters. The van der Waals surface area contributed by atoms with Crippen molar-refractivity contribution in [1.29, 1.82) is 0 Å². The average molecular weight is 585 g/mol. The Morgan fingerprint density at radius 1 is 1.28 bits per heavy atom. The van der Waals surface area contributed by atoms with E-state index in [1.54, 1.807) is 4.57 Å². The topological polar surface area (TPSA) is 136 Å². The van der Waals surface area contributed by atoms with Gasteiger partial charge in [0.05, 0.1) is 5.92 Å².